The Morgan fingerprint density at radius 3 is 2.16 bits per heavy atom. The van der Waals surface area contributed by atoms with Gasteiger partial charge in [-0.15, -0.1) is 0 Å². The Bertz CT molecular complexity index is 220. The minimum atomic E-state index is -0.444. The van der Waals surface area contributed by atoms with Crippen LogP contribution < -0.4 is 11.5 Å². The summed E-state index contributed by atoms with van der Waals surface area (Å²) >= 11 is 0. The number of nitrogens with two attached hydrogens (primary N) is 2. The molecule has 0 aromatic rings. The Hall–Kier alpha value is -0.610. The van der Waals surface area contributed by atoms with Crippen molar-refractivity contribution in [1.29, 1.82) is 0 Å². The first-order chi connectivity index (χ1) is 9.07. The number of carbonyl (C=O) groups is 1. The molecule has 0 aromatic heterocycles. The van der Waals surface area contributed by atoms with Gasteiger partial charge in [0.1, 0.15) is 6.04 Å². The van der Waals surface area contributed by atoms with Crippen LogP contribution in [0.15, 0.2) is 0 Å². The van der Waals surface area contributed by atoms with E-state index < -0.39 is 6.04 Å². The topological polar surface area (TPSA) is 78.3 Å². The fourth-order valence-electron chi connectivity index (χ4n) is 1.90. The van der Waals surface area contributed by atoms with Crippen LogP contribution in [0, 0.1) is 0 Å². The van der Waals surface area contributed by atoms with Crippen LogP contribution in [0.4, 0.5) is 0 Å². The van der Waals surface area contributed by atoms with Crippen molar-refractivity contribution >= 4 is 5.97 Å². The maximum absolute atomic E-state index is 11.5. The minimum absolute atomic E-state index is 0.245. The predicted molar refractivity (Wildman–Crippen MR) is 79.8 cm³/mol. The lowest BCUT2D eigenvalue weighted by atomic mass is 10.0. The molecule has 0 saturated heterocycles. The molecule has 0 spiro atoms. The van der Waals surface area contributed by atoms with Crippen molar-refractivity contribution in [3.63, 3.8) is 0 Å². The van der Waals surface area contributed by atoms with Crippen LogP contribution in [-0.4, -0.2) is 24.7 Å². The molecular weight excluding hydrogens is 240 g/mol. The highest BCUT2D eigenvalue weighted by Gasteiger charge is 2.13. The molecule has 0 radical (unpaired) electrons. The summed E-state index contributed by atoms with van der Waals surface area (Å²) in [4.78, 5) is 11.5. The molecule has 2 unspecified atom stereocenters. The van der Waals surface area contributed by atoms with E-state index in [2.05, 4.69) is 6.92 Å². The second kappa shape index (κ2) is 12.4. The van der Waals surface area contributed by atoms with Crippen molar-refractivity contribution in [1.82, 2.24) is 0 Å². The molecule has 0 amide bonds. The third kappa shape index (κ3) is 12.2. The number of ether oxygens (including phenoxy) is 1. The van der Waals surface area contributed by atoms with Crippen LogP contribution in [0.3, 0.4) is 0 Å². The second-order valence-corrected chi connectivity index (χ2v) is 5.45. The van der Waals surface area contributed by atoms with E-state index in [0.717, 1.165) is 38.5 Å². The van der Waals surface area contributed by atoms with Crippen LogP contribution in [0.5, 0.6) is 0 Å². The highest BCUT2D eigenvalue weighted by molar-refractivity contribution is 5.75. The zero-order valence-corrected chi connectivity index (χ0v) is 12.7. The lowest BCUT2D eigenvalue weighted by Gasteiger charge is -2.11. The van der Waals surface area contributed by atoms with Gasteiger partial charge in [-0.1, -0.05) is 45.4 Å². The Balaban J connectivity index is 3.37. The molecular formula is C15H32N2O2. The molecule has 0 saturated carbocycles. The van der Waals surface area contributed by atoms with Crippen molar-refractivity contribution in [2.75, 3.05) is 6.61 Å². The van der Waals surface area contributed by atoms with Gasteiger partial charge in [-0.3, -0.25) is 4.79 Å². The summed E-state index contributed by atoms with van der Waals surface area (Å²) in [5.74, 6) is -0.245. The van der Waals surface area contributed by atoms with Crippen LogP contribution in [0.25, 0.3) is 0 Å². The summed E-state index contributed by atoms with van der Waals surface area (Å²) in [5, 5.41) is 0. The van der Waals surface area contributed by atoms with E-state index in [0.29, 0.717) is 12.6 Å². The summed E-state index contributed by atoms with van der Waals surface area (Å²) in [6.07, 6.45) is 9.53. The molecule has 0 aromatic carbocycles. The molecule has 0 heterocycles. The number of hydrogen-bond donors (Lipinski definition) is 2. The average Bonchev–Trinajstić information content (AvgIpc) is 2.37. The van der Waals surface area contributed by atoms with Gasteiger partial charge in [0.25, 0.3) is 0 Å². The largest absolute Gasteiger partial charge is 0.465 e. The SMILES string of the molecule is CCCCOC(=O)C(N)CCCCCCCC(C)N. The van der Waals surface area contributed by atoms with Gasteiger partial charge in [0.2, 0.25) is 0 Å². The molecule has 0 bridgehead atoms. The molecule has 19 heavy (non-hydrogen) atoms. The number of rotatable bonds is 12. The summed E-state index contributed by atoms with van der Waals surface area (Å²) in [6, 6.07) is -0.132. The van der Waals surface area contributed by atoms with Crippen LogP contribution in [-0.2, 0) is 9.53 Å². The maximum atomic E-state index is 11.5. The van der Waals surface area contributed by atoms with E-state index >= 15 is 0 Å². The molecule has 0 aliphatic rings. The molecule has 0 fully saturated rings. The third-order valence-electron chi connectivity index (χ3n) is 3.22. The number of unbranched alkanes of at least 4 members (excludes halogenated alkanes) is 5. The second-order valence-electron chi connectivity index (χ2n) is 5.45. The van der Waals surface area contributed by atoms with Gasteiger partial charge in [0, 0.05) is 6.04 Å². The summed E-state index contributed by atoms with van der Waals surface area (Å²) in [6.45, 7) is 4.61. The monoisotopic (exact) mass is 272 g/mol. The summed E-state index contributed by atoms with van der Waals surface area (Å²) in [5.41, 5.74) is 11.5. The van der Waals surface area contributed by atoms with Gasteiger partial charge in [-0.2, -0.15) is 0 Å². The van der Waals surface area contributed by atoms with Crippen LogP contribution in [0.2, 0.25) is 0 Å². The molecule has 0 aliphatic carbocycles. The van der Waals surface area contributed by atoms with Crippen molar-refractivity contribution in [2.45, 2.75) is 83.7 Å². The molecule has 114 valence electrons. The minimum Gasteiger partial charge on any atom is -0.465 e. The lowest BCUT2D eigenvalue weighted by molar-refractivity contribution is -0.145. The smallest absolute Gasteiger partial charge is 0.322 e. The standard InChI is InChI=1S/C15H32N2O2/c1-3-4-12-19-15(18)14(17)11-9-7-5-6-8-10-13(2)16/h13-14H,3-12,16-17H2,1-2H3. The molecule has 4 heteroatoms. The van der Waals surface area contributed by atoms with E-state index in [9.17, 15) is 4.79 Å². The normalized spacial score (nSPS) is 14.1. The Morgan fingerprint density at radius 1 is 1.00 bits per heavy atom. The molecule has 0 aliphatic heterocycles. The zero-order chi connectivity index (χ0) is 14.5. The van der Waals surface area contributed by atoms with Gasteiger partial charge in [0.15, 0.2) is 0 Å². The summed E-state index contributed by atoms with van der Waals surface area (Å²) in [7, 11) is 0. The van der Waals surface area contributed by atoms with Crippen molar-refractivity contribution < 1.29 is 9.53 Å². The van der Waals surface area contributed by atoms with Gasteiger partial charge >= 0.3 is 5.97 Å². The lowest BCUT2D eigenvalue weighted by Crippen LogP contribution is -2.32. The number of hydrogen-bond acceptors (Lipinski definition) is 4. The first kappa shape index (κ1) is 18.4. The highest BCUT2D eigenvalue weighted by atomic mass is 16.5. The third-order valence-corrected chi connectivity index (χ3v) is 3.22. The van der Waals surface area contributed by atoms with E-state index in [4.69, 9.17) is 16.2 Å². The predicted octanol–water partition coefficient (Wildman–Crippen LogP) is 2.73. The van der Waals surface area contributed by atoms with E-state index in [1.807, 2.05) is 6.92 Å². The van der Waals surface area contributed by atoms with E-state index in [-0.39, 0.29) is 5.97 Å². The van der Waals surface area contributed by atoms with Crippen LogP contribution >= 0.6 is 0 Å². The molecule has 4 N–H and O–H groups in total. The summed E-state index contributed by atoms with van der Waals surface area (Å²) < 4.78 is 5.09. The quantitative estimate of drug-likeness (QED) is 0.423. The maximum Gasteiger partial charge on any atom is 0.322 e. The molecule has 4 nitrogen and oxygen atoms in total. The number of esters is 1. The molecule has 2 atom stereocenters. The van der Waals surface area contributed by atoms with E-state index in [1.54, 1.807) is 0 Å². The van der Waals surface area contributed by atoms with Gasteiger partial charge in [0.05, 0.1) is 6.61 Å². The first-order valence-electron chi connectivity index (χ1n) is 7.75. The average molecular weight is 272 g/mol. The zero-order valence-electron chi connectivity index (χ0n) is 12.7. The van der Waals surface area contributed by atoms with Crippen molar-refractivity contribution in [3.05, 3.63) is 0 Å². The fourth-order valence-corrected chi connectivity index (χ4v) is 1.90. The molecule has 0 rings (SSSR count). The van der Waals surface area contributed by atoms with Gasteiger partial charge < -0.3 is 16.2 Å². The van der Waals surface area contributed by atoms with Crippen molar-refractivity contribution in [2.24, 2.45) is 11.5 Å². The number of carbonyl (C=O) groups excluding carboxylic acids is 1. The fraction of sp³-hybridized carbons (Fsp3) is 0.933. The van der Waals surface area contributed by atoms with Gasteiger partial charge in [-0.05, 0) is 26.2 Å². The highest BCUT2D eigenvalue weighted by Crippen LogP contribution is 2.09. The first-order valence-corrected chi connectivity index (χ1v) is 7.75. The van der Waals surface area contributed by atoms with Crippen molar-refractivity contribution in [3.8, 4) is 0 Å². The Kier molecular flexibility index (Phi) is 12.0. The van der Waals surface area contributed by atoms with E-state index in [1.165, 1.54) is 19.3 Å². The Labute approximate surface area is 118 Å². The van der Waals surface area contributed by atoms with Gasteiger partial charge in [-0.25, -0.2) is 0 Å². The van der Waals surface area contributed by atoms with Crippen LogP contribution in [0.1, 0.15) is 71.6 Å². The Morgan fingerprint density at radius 2 is 1.58 bits per heavy atom.